The first kappa shape index (κ1) is 32.6. The molecule has 0 aromatic heterocycles. The molecule has 2 aliphatic rings. The SMILES string of the molecule is O=S(=O)(c1ccc(N2c3ccccc3N(c3ccccc3)c3ccccc32)cc1)c1ccc(N2c3ccccc3N(c3ccccc3)c3ccccc32)cc1. The summed E-state index contributed by atoms with van der Waals surface area (Å²) in [5, 5.41) is 0. The van der Waals surface area contributed by atoms with E-state index in [-0.39, 0.29) is 9.79 Å². The molecule has 55 heavy (non-hydrogen) atoms. The van der Waals surface area contributed by atoms with E-state index in [4.69, 9.17) is 0 Å². The lowest BCUT2D eigenvalue weighted by Crippen LogP contribution is -2.24. The van der Waals surface area contributed by atoms with Crippen molar-refractivity contribution in [3.05, 3.63) is 206 Å². The topological polar surface area (TPSA) is 47.1 Å². The van der Waals surface area contributed by atoms with Gasteiger partial charge >= 0.3 is 0 Å². The molecule has 0 radical (unpaired) electrons. The molecule has 2 heterocycles. The molecule has 0 bridgehead atoms. The van der Waals surface area contributed by atoms with Gasteiger partial charge in [-0.2, -0.15) is 0 Å². The third-order valence-corrected chi connectivity index (χ3v) is 12.1. The number of hydrogen-bond acceptors (Lipinski definition) is 6. The van der Waals surface area contributed by atoms with Crippen molar-refractivity contribution < 1.29 is 8.42 Å². The summed E-state index contributed by atoms with van der Waals surface area (Å²) in [5.74, 6) is 0. The number of anilines is 12. The molecule has 7 heteroatoms. The molecule has 0 atom stereocenters. The summed E-state index contributed by atoms with van der Waals surface area (Å²) in [7, 11) is -3.82. The van der Waals surface area contributed by atoms with Crippen molar-refractivity contribution in [3.8, 4) is 0 Å². The largest absolute Gasteiger partial charge is 0.306 e. The number of fused-ring (bicyclic) bond motifs is 4. The Bertz CT molecular complexity index is 2510. The number of benzene rings is 8. The Kier molecular flexibility index (Phi) is 7.75. The molecule has 10 rings (SSSR count). The molecule has 0 N–H and O–H groups in total. The monoisotopic (exact) mass is 730 g/mol. The lowest BCUT2D eigenvalue weighted by molar-refractivity contribution is 0.596. The molecule has 8 aromatic carbocycles. The average molecular weight is 731 g/mol. The predicted octanol–water partition coefficient (Wildman–Crippen LogP) is 13.0. The maximum atomic E-state index is 14.2. The Morgan fingerprint density at radius 2 is 0.436 bits per heavy atom. The van der Waals surface area contributed by atoms with E-state index in [9.17, 15) is 8.42 Å². The van der Waals surface area contributed by atoms with Crippen LogP contribution in [0.15, 0.2) is 216 Å². The summed E-state index contributed by atoms with van der Waals surface area (Å²) in [6, 6.07) is 68.3. The number of rotatable bonds is 6. The van der Waals surface area contributed by atoms with E-state index in [0.29, 0.717) is 0 Å². The lowest BCUT2D eigenvalue weighted by atomic mass is 10.0. The van der Waals surface area contributed by atoms with Crippen molar-refractivity contribution in [2.24, 2.45) is 0 Å². The summed E-state index contributed by atoms with van der Waals surface area (Å²) in [5.41, 5.74) is 12.0. The van der Waals surface area contributed by atoms with Gasteiger partial charge in [0.15, 0.2) is 0 Å². The summed E-state index contributed by atoms with van der Waals surface area (Å²) >= 11 is 0. The quantitative estimate of drug-likeness (QED) is 0.170. The molecule has 0 aliphatic carbocycles. The van der Waals surface area contributed by atoms with Gasteiger partial charge in [0.1, 0.15) is 0 Å². The van der Waals surface area contributed by atoms with Gasteiger partial charge in [-0.25, -0.2) is 8.42 Å². The van der Waals surface area contributed by atoms with E-state index in [1.165, 1.54) is 0 Å². The molecule has 264 valence electrons. The standard InChI is InChI=1S/C48H34N4O2S/c53-55(54,39-31-27-37(28-32-39)51-45-23-11-7-19-41(45)49(35-15-3-1-4-16-35)42-20-8-12-24-46(42)51)40-33-29-38(30-34-40)52-47-25-13-9-21-43(47)50(36-17-5-2-6-18-36)44-22-10-14-26-48(44)52/h1-34H. The Morgan fingerprint density at radius 3 is 0.673 bits per heavy atom. The van der Waals surface area contributed by atoms with Crippen molar-refractivity contribution in [1.29, 1.82) is 0 Å². The van der Waals surface area contributed by atoms with E-state index in [0.717, 1.165) is 68.2 Å². The molecule has 0 spiro atoms. The summed E-state index contributed by atoms with van der Waals surface area (Å²) in [6.07, 6.45) is 0. The van der Waals surface area contributed by atoms with Gasteiger partial charge in [-0.05, 0) is 121 Å². The third kappa shape index (κ3) is 5.36. The Labute approximate surface area is 320 Å². The Hall–Kier alpha value is -7.09. The second kappa shape index (κ2) is 13.1. The van der Waals surface area contributed by atoms with Crippen LogP contribution in [0.5, 0.6) is 0 Å². The maximum Gasteiger partial charge on any atom is 0.206 e. The number of sulfone groups is 1. The van der Waals surface area contributed by atoms with Crippen LogP contribution in [0.25, 0.3) is 0 Å². The predicted molar refractivity (Wildman–Crippen MR) is 224 cm³/mol. The number of para-hydroxylation sites is 10. The first-order valence-corrected chi connectivity index (χ1v) is 19.7. The molecule has 6 nitrogen and oxygen atoms in total. The van der Waals surface area contributed by atoms with Gasteiger partial charge < -0.3 is 19.6 Å². The first-order valence-electron chi connectivity index (χ1n) is 18.2. The fourth-order valence-corrected chi connectivity index (χ4v) is 9.10. The smallest absolute Gasteiger partial charge is 0.206 e. The highest BCUT2D eigenvalue weighted by atomic mass is 32.2. The highest BCUT2D eigenvalue weighted by molar-refractivity contribution is 7.91. The van der Waals surface area contributed by atoms with Crippen molar-refractivity contribution in [2.45, 2.75) is 9.79 Å². The minimum Gasteiger partial charge on any atom is -0.306 e. The summed E-state index contributed by atoms with van der Waals surface area (Å²) < 4.78 is 28.3. The van der Waals surface area contributed by atoms with Crippen LogP contribution in [0.4, 0.5) is 68.2 Å². The zero-order chi connectivity index (χ0) is 36.9. The zero-order valence-electron chi connectivity index (χ0n) is 29.6. The van der Waals surface area contributed by atoms with Crippen molar-refractivity contribution >= 4 is 78.1 Å². The van der Waals surface area contributed by atoms with Crippen LogP contribution < -0.4 is 19.6 Å². The van der Waals surface area contributed by atoms with Crippen LogP contribution in [-0.2, 0) is 9.84 Å². The molecule has 0 saturated carbocycles. The molecule has 0 unspecified atom stereocenters. The first-order chi connectivity index (χ1) is 27.1. The summed E-state index contributed by atoms with van der Waals surface area (Å²) in [6.45, 7) is 0. The van der Waals surface area contributed by atoms with Gasteiger partial charge in [0.25, 0.3) is 0 Å². The van der Waals surface area contributed by atoms with Gasteiger partial charge in [-0.3, -0.25) is 0 Å². The number of nitrogens with zero attached hydrogens (tertiary/aromatic N) is 4. The van der Waals surface area contributed by atoms with Gasteiger partial charge in [0.05, 0.1) is 55.3 Å². The van der Waals surface area contributed by atoms with Crippen molar-refractivity contribution in [1.82, 2.24) is 0 Å². The van der Waals surface area contributed by atoms with Gasteiger partial charge in [-0.1, -0.05) is 84.9 Å². The minimum absolute atomic E-state index is 0.237. The normalized spacial score (nSPS) is 13.1. The lowest BCUT2D eigenvalue weighted by Gasteiger charge is -2.40. The minimum atomic E-state index is -3.82. The van der Waals surface area contributed by atoms with E-state index in [1.54, 1.807) is 24.3 Å². The van der Waals surface area contributed by atoms with Crippen LogP contribution in [-0.4, -0.2) is 8.42 Å². The fourth-order valence-electron chi connectivity index (χ4n) is 7.84. The highest BCUT2D eigenvalue weighted by Gasteiger charge is 2.32. The molecule has 8 aromatic rings. The van der Waals surface area contributed by atoms with E-state index in [2.05, 4.69) is 92.4 Å². The second-order valence-corrected chi connectivity index (χ2v) is 15.4. The molecule has 0 saturated heterocycles. The molecule has 0 amide bonds. The molecular formula is C48H34N4O2S. The molecule has 2 aliphatic heterocycles. The number of hydrogen-bond donors (Lipinski definition) is 0. The van der Waals surface area contributed by atoms with E-state index < -0.39 is 9.84 Å². The van der Waals surface area contributed by atoms with E-state index >= 15 is 0 Å². The van der Waals surface area contributed by atoms with Gasteiger partial charge in [0, 0.05) is 22.7 Å². The second-order valence-electron chi connectivity index (χ2n) is 13.5. The van der Waals surface area contributed by atoms with E-state index in [1.807, 2.05) is 109 Å². The van der Waals surface area contributed by atoms with Crippen LogP contribution in [0, 0.1) is 0 Å². The van der Waals surface area contributed by atoms with Crippen LogP contribution in [0.1, 0.15) is 0 Å². The maximum absolute atomic E-state index is 14.2. The van der Waals surface area contributed by atoms with Gasteiger partial charge in [-0.15, -0.1) is 0 Å². The van der Waals surface area contributed by atoms with Gasteiger partial charge in [0.2, 0.25) is 9.84 Å². The highest BCUT2D eigenvalue weighted by Crippen LogP contribution is 2.55. The molecular weight excluding hydrogens is 697 g/mol. The Morgan fingerprint density at radius 1 is 0.236 bits per heavy atom. The van der Waals surface area contributed by atoms with Crippen molar-refractivity contribution in [3.63, 3.8) is 0 Å². The summed E-state index contributed by atoms with van der Waals surface area (Å²) in [4.78, 5) is 9.40. The molecule has 0 fully saturated rings. The fraction of sp³-hybridized carbons (Fsp3) is 0. The van der Waals surface area contributed by atoms with Crippen LogP contribution >= 0.6 is 0 Å². The average Bonchev–Trinajstić information content (AvgIpc) is 3.25. The Balaban J connectivity index is 0.985. The third-order valence-electron chi connectivity index (χ3n) is 10.3. The van der Waals surface area contributed by atoms with Crippen molar-refractivity contribution in [2.75, 3.05) is 19.6 Å². The zero-order valence-corrected chi connectivity index (χ0v) is 30.5. The van der Waals surface area contributed by atoms with Crippen LogP contribution in [0.3, 0.4) is 0 Å². The van der Waals surface area contributed by atoms with Crippen LogP contribution in [0.2, 0.25) is 0 Å².